The van der Waals surface area contributed by atoms with Gasteiger partial charge in [0.1, 0.15) is 0 Å². The second kappa shape index (κ2) is 3.01. The third-order valence-electron chi connectivity index (χ3n) is 1.91. The lowest BCUT2D eigenvalue weighted by Crippen LogP contribution is -1.85. The van der Waals surface area contributed by atoms with Crippen molar-refractivity contribution in [1.29, 1.82) is 0 Å². The third-order valence-corrected chi connectivity index (χ3v) is 3.27. The molecule has 0 spiro atoms. The van der Waals surface area contributed by atoms with Gasteiger partial charge in [0.15, 0.2) is 0 Å². The van der Waals surface area contributed by atoms with Crippen molar-refractivity contribution in [2.24, 2.45) is 0 Å². The summed E-state index contributed by atoms with van der Waals surface area (Å²) in [6.45, 7) is 2.11. The lowest BCUT2D eigenvalue weighted by Gasteiger charge is -2.01. The van der Waals surface area contributed by atoms with Crippen LogP contribution in [0.5, 0.6) is 0 Å². The van der Waals surface area contributed by atoms with Gasteiger partial charge in [-0.3, -0.25) is 4.98 Å². The van der Waals surface area contributed by atoms with Crippen molar-refractivity contribution in [3.8, 4) is 0 Å². The zero-order valence-corrected chi connectivity index (χ0v) is 8.87. The van der Waals surface area contributed by atoms with E-state index in [1.165, 1.54) is 14.5 Å². The predicted octanol–water partition coefficient (Wildman–Crippen LogP) is 3.15. The van der Waals surface area contributed by atoms with Crippen LogP contribution in [0.15, 0.2) is 30.5 Å². The van der Waals surface area contributed by atoms with Crippen molar-refractivity contribution in [2.75, 3.05) is 0 Å². The highest BCUT2D eigenvalue weighted by molar-refractivity contribution is 14.1. The molecule has 60 valence electrons. The molecule has 0 radical (unpaired) electrons. The predicted molar refractivity (Wildman–Crippen MR) is 59.2 cm³/mol. The first-order valence-electron chi connectivity index (χ1n) is 3.79. The number of rotatable bonds is 0. The van der Waals surface area contributed by atoms with E-state index < -0.39 is 0 Å². The molecular formula is C10H8IN. The van der Waals surface area contributed by atoms with E-state index in [2.05, 4.69) is 52.7 Å². The molecule has 2 aromatic rings. The van der Waals surface area contributed by atoms with Gasteiger partial charge in [-0.1, -0.05) is 18.2 Å². The lowest BCUT2D eigenvalue weighted by atomic mass is 10.1. The number of pyridine rings is 1. The molecule has 0 N–H and O–H groups in total. The summed E-state index contributed by atoms with van der Waals surface area (Å²) in [5.74, 6) is 0. The molecule has 0 amide bonds. The maximum absolute atomic E-state index is 4.33. The normalized spacial score (nSPS) is 10.5. The highest BCUT2D eigenvalue weighted by Gasteiger charge is 2.00. The van der Waals surface area contributed by atoms with Gasteiger partial charge >= 0.3 is 0 Å². The fourth-order valence-electron chi connectivity index (χ4n) is 1.21. The van der Waals surface area contributed by atoms with Gasteiger partial charge in [0.25, 0.3) is 0 Å². The third kappa shape index (κ3) is 1.20. The summed E-state index contributed by atoms with van der Waals surface area (Å²) < 4.78 is 1.26. The van der Waals surface area contributed by atoms with E-state index in [0.29, 0.717) is 0 Å². The number of aryl methyl sites for hydroxylation is 1. The smallest absolute Gasteiger partial charge is 0.0837 e. The largest absolute Gasteiger partial charge is 0.255 e. The summed E-state index contributed by atoms with van der Waals surface area (Å²) in [6.07, 6.45) is 1.84. The van der Waals surface area contributed by atoms with Crippen LogP contribution in [0.4, 0.5) is 0 Å². The lowest BCUT2D eigenvalue weighted by molar-refractivity contribution is 1.36. The zero-order valence-electron chi connectivity index (χ0n) is 6.71. The highest BCUT2D eigenvalue weighted by atomic mass is 127. The van der Waals surface area contributed by atoms with Gasteiger partial charge < -0.3 is 0 Å². The van der Waals surface area contributed by atoms with Crippen molar-refractivity contribution >= 4 is 33.5 Å². The summed E-state index contributed by atoms with van der Waals surface area (Å²) in [4.78, 5) is 4.33. The molecule has 0 atom stereocenters. The summed E-state index contributed by atoms with van der Waals surface area (Å²) in [7, 11) is 0. The number of benzene rings is 1. The van der Waals surface area contributed by atoms with Crippen LogP contribution >= 0.6 is 22.6 Å². The minimum Gasteiger partial charge on any atom is -0.255 e. The number of aromatic nitrogens is 1. The van der Waals surface area contributed by atoms with Crippen LogP contribution in [0.3, 0.4) is 0 Å². The van der Waals surface area contributed by atoms with E-state index in [-0.39, 0.29) is 0 Å². The maximum Gasteiger partial charge on any atom is 0.0837 e. The number of hydrogen-bond acceptors (Lipinski definition) is 1. The molecule has 0 aliphatic carbocycles. The minimum absolute atomic E-state index is 1.11. The summed E-state index contributed by atoms with van der Waals surface area (Å²) in [5.41, 5.74) is 2.40. The van der Waals surface area contributed by atoms with E-state index in [1.807, 2.05) is 12.3 Å². The molecule has 0 fully saturated rings. The first-order chi connectivity index (χ1) is 5.79. The Bertz CT molecular complexity index is 423. The summed E-state index contributed by atoms with van der Waals surface area (Å²) in [6, 6.07) is 8.29. The van der Waals surface area contributed by atoms with Crippen LogP contribution in [-0.4, -0.2) is 4.98 Å². The number of hydrogen-bond donors (Lipinski definition) is 0. The topological polar surface area (TPSA) is 12.9 Å². The Kier molecular flexibility index (Phi) is 2.00. The second-order valence-corrected chi connectivity index (χ2v) is 3.85. The Hall–Kier alpha value is -0.640. The van der Waals surface area contributed by atoms with Crippen molar-refractivity contribution < 1.29 is 0 Å². The highest BCUT2D eigenvalue weighted by Crippen LogP contribution is 2.21. The van der Waals surface area contributed by atoms with E-state index >= 15 is 0 Å². The standard InChI is InChI=1S/C10H8IN/c1-7-4-5-8-3-2-6-12-10(8)9(7)11/h2-6H,1H3. The van der Waals surface area contributed by atoms with Crippen LogP contribution in [-0.2, 0) is 0 Å². The van der Waals surface area contributed by atoms with E-state index in [9.17, 15) is 0 Å². The molecule has 1 heterocycles. The second-order valence-electron chi connectivity index (χ2n) is 2.77. The summed E-state index contributed by atoms with van der Waals surface area (Å²) in [5, 5.41) is 1.22. The van der Waals surface area contributed by atoms with Crippen molar-refractivity contribution in [1.82, 2.24) is 4.98 Å². The first-order valence-corrected chi connectivity index (χ1v) is 4.87. The van der Waals surface area contributed by atoms with Gasteiger partial charge in [0, 0.05) is 15.2 Å². The Labute approximate surface area is 85.0 Å². The van der Waals surface area contributed by atoms with Crippen LogP contribution in [0, 0.1) is 10.5 Å². The van der Waals surface area contributed by atoms with Crippen LogP contribution < -0.4 is 0 Å². The molecule has 0 saturated heterocycles. The molecule has 1 aromatic carbocycles. The monoisotopic (exact) mass is 269 g/mol. The van der Waals surface area contributed by atoms with E-state index in [1.54, 1.807) is 0 Å². The van der Waals surface area contributed by atoms with Gasteiger partial charge in [-0.2, -0.15) is 0 Å². The summed E-state index contributed by atoms with van der Waals surface area (Å²) >= 11 is 2.34. The van der Waals surface area contributed by atoms with Crippen molar-refractivity contribution in [3.05, 3.63) is 39.6 Å². The number of halogens is 1. The molecule has 1 nitrogen and oxygen atoms in total. The van der Waals surface area contributed by atoms with Crippen LogP contribution in [0.2, 0.25) is 0 Å². The molecule has 0 unspecified atom stereocenters. The van der Waals surface area contributed by atoms with Gasteiger partial charge in [-0.15, -0.1) is 0 Å². The minimum atomic E-state index is 1.11. The van der Waals surface area contributed by atoms with Gasteiger partial charge in [0.2, 0.25) is 0 Å². The molecule has 12 heavy (non-hydrogen) atoms. The number of nitrogens with zero attached hydrogens (tertiary/aromatic N) is 1. The molecule has 0 aliphatic heterocycles. The number of fused-ring (bicyclic) bond motifs is 1. The van der Waals surface area contributed by atoms with Gasteiger partial charge in [-0.05, 0) is 41.1 Å². The molecule has 0 bridgehead atoms. The van der Waals surface area contributed by atoms with E-state index in [4.69, 9.17) is 0 Å². The van der Waals surface area contributed by atoms with Crippen LogP contribution in [0.1, 0.15) is 5.56 Å². The molecule has 1 aromatic heterocycles. The Balaban J connectivity index is 2.91. The SMILES string of the molecule is Cc1ccc2cccnc2c1I. The zero-order chi connectivity index (χ0) is 8.55. The first kappa shape index (κ1) is 7.98. The van der Waals surface area contributed by atoms with E-state index in [0.717, 1.165) is 5.52 Å². The molecule has 2 rings (SSSR count). The Morgan fingerprint density at radius 2 is 2.08 bits per heavy atom. The Morgan fingerprint density at radius 3 is 2.92 bits per heavy atom. The fourth-order valence-corrected chi connectivity index (χ4v) is 1.84. The Morgan fingerprint density at radius 1 is 1.25 bits per heavy atom. The van der Waals surface area contributed by atoms with Crippen molar-refractivity contribution in [2.45, 2.75) is 6.92 Å². The molecule has 0 aliphatic rings. The molecule has 0 saturated carbocycles. The quantitative estimate of drug-likeness (QED) is 0.669. The fraction of sp³-hybridized carbons (Fsp3) is 0.100. The molecular weight excluding hydrogens is 261 g/mol. The average molecular weight is 269 g/mol. The van der Waals surface area contributed by atoms with Gasteiger partial charge in [-0.25, -0.2) is 0 Å². The van der Waals surface area contributed by atoms with Gasteiger partial charge in [0.05, 0.1) is 5.52 Å². The maximum atomic E-state index is 4.33. The van der Waals surface area contributed by atoms with Crippen LogP contribution in [0.25, 0.3) is 10.9 Å². The molecule has 2 heteroatoms. The van der Waals surface area contributed by atoms with Crippen molar-refractivity contribution in [3.63, 3.8) is 0 Å². The average Bonchev–Trinajstić information content (AvgIpc) is 2.12.